The van der Waals surface area contributed by atoms with E-state index in [9.17, 15) is 18.0 Å². The fraction of sp³-hybridized carbons (Fsp3) is 0.222. The second-order valence-electron chi connectivity index (χ2n) is 5.78. The number of thiophene rings is 2. The fourth-order valence-corrected chi connectivity index (χ4v) is 6.49. The van der Waals surface area contributed by atoms with Crippen molar-refractivity contribution < 1.29 is 22.4 Å². The van der Waals surface area contributed by atoms with E-state index >= 15 is 0 Å². The van der Waals surface area contributed by atoms with Gasteiger partial charge in [-0.25, -0.2) is 8.42 Å². The molecule has 10 heteroatoms. The first-order valence-electron chi connectivity index (χ1n) is 8.37. The first kappa shape index (κ1) is 20.3. The standard InChI is InChI=1S/C18H18N2O5S3/c21-17(19-8-7-13-4-1-9-25-13)18(22)20-12-15(14-5-2-10-26-14)28(23,24)16-6-3-11-27-16/h1-6,9-11,15H,7-8,12H2,(H,19,21)(H,20,22)/t15-/m1/s1. The Kier molecular flexibility index (Phi) is 6.65. The lowest BCUT2D eigenvalue weighted by Crippen LogP contribution is -2.42. The van der Waals surface area contributed by atoms with E-state index in [4.69, 9.17) is 4.42 Å². The summed E-state index contributed by atoms with van der Waals surface area (Å²) < 4.78 is 31.2. The van der Waals surface area contributed by atoms with E-state index in [1.165, 1.54) is 23.7 Å². The third kappa shape index (κ3) is 4.89. The van der Waals surface area contributed by atoms with Crippen molar-refractivity contribution in [3.8, 4) is 0 Å². The number of nitrogens with one attached hydrogen (secondary N) is 2. The van der Waals surface area contributed by atoms with Gasteiger partial charge in [-0.1, -0.05) is 12.1 Å². The lowest BCUT2D eigenvalue weighted by molar-refractivity contribution is -0.139. The molecule has 2 amide bonds. The van der Waals surface area contributed by atoms with E-state index in [0.717, 1.165) is 11.3 Å². The van der Waals surface area contributed by atoms with Gasteiger partial charge in [0.2, 0.25) is 0 Å². The normalized spacial score (nSPS) is 12.4. The molecule has 0 unspecified atom stereocenters. The summed E-state index contributed by atoms with van der Waals surface area (Å²) in [5.41, 5.74) is 0. The van der Waals surface area contributed by atoms with Crippen LogP contribution in [0.15, 0.2) is 62.0 Å². The van der Waals surface area contributed by atoms with Gasteiger partial charge in [0.25, 0.3) is 0 Å². The minimum absolute atomic E-state index is 0.189. The number of carbonyl (C=O) groups is 2. The van der Waals surface area contributed by atoms with Crippen molar-refractivity contribution in [2.75, 3.05) is 13.1 Å². The average molecular weight is 439 g/mol. The van der Waals surface area contributed by atoms with Crippen LogP contribution < -0.4 is 10.6 Å². The first-order valence-corrected chi connectivity index (χ1v) is 11.7. The molecule has 148 valence electrons. The molecule has 0 aliphatic rings. The Balaban J connectivity index is 1.60. The zero-order valence-electron chi connectivity index (χ0n) is 14.7. The van der Waals surface area contributed by atoms with E-state index in [1.807, 2.05) is 0 Å². The molecule has 0 bridgehead atoms. The van der Waals surface area contributed by atoms with Gasteiger partial charge < -0.3 is 15.1 Å². The number of rotatable bonds is 8. The Hall–Kier alpha value is -2.43. The molecular formula is C18H18N2O5S3. The van der Waals surface area contributed by atoms with E-state index < -0.39 is 26.9 Å². The Bertz CT molecular complexity index is 994. The topological polar surface area (TPSA) is 105 Å². The van der Waals surface area contributed by atoms with Crippen LogP contribution in [0.3, 0.4) is 0 Å². The molecule has 0 saturated heterocycles. The van der Waals surface area contributed by atoms with Gasteiger partial charge in [0.15, 0.2) is 9.84 Å². The summed E-state index contributed by atoms with van der Waals surface area (Å²) in [6.45, 7) is 0.0484. The van der Waals surface area contributed by atoms with Crippen LogP contribution in [-0.2, 0) is 25.8 Å². The third-order valence-electron chi connectivity index (χ3n) is 3.90. The molecule has 0 aliphatic heterocycles. The lowest BCUT2D eigenvalue weighted by Gasteiger charge is -2.16. The zero-order valence-corrected chi connectivity index (χ0v) is 17.1. The van der Waals surface area contributed by atoms with Crippen molar-refractivity contribution in [3.63, 3.8) is 0 Å². The summed E-state index contributed by atoms with van der Waals surface area (Å²) in [5.74, 6) is -0.993. The second-order valence-corrected chi connectivity index (χ2v) is 10.1. The van der Waals surface area contributed by atoms with Crippen LogP contribution in [0.2, 0.25) is 0 Å². The van der Waals surface area contributed by atoms with Gasteiger partial charge in [0, 0.05) is 24.4 Å². The Morgan fingerprint density at radius 3 is 2.39 bits per heavy atom. The molecule has 0 spiro atoms. The molecule has 2 N–H and O–H groups in total. The van der Waals surface area contributed by atoms with Crippen LogP contribution in [0.5, 0.6) is 0 Å². The molecule has 28 heavy (non-hydrogen) atoms. The van der Waals surface area contributed by atoms with Gasteiger partial charge >= 0.3 is 11.8 Å². The minimum atomic E-state index is -3.68. The highest BCUT2D eigenvalue weighted by Crippen LogP contribution is 2.33. The highest BCUT2D eigenvalue weighted by molar-refractivity contribution is 7.93. The second kappa shape index (κ2) is 9.18. The molecule has 0 aromatic carbocycles. The third-order valence-corrected chi connectivity index (χ3v) is 8.55. The number of carbonyl (C=O) groups excluding carboxylic acids is 2. The molecule has 0 saturated carbocycles. The van der Waals surface area contributed by atoms with E-state index in [2.05, 4.69) is 10.6 Å². The molecule has 0 aliphatic carbocycles. The molecule has 3 aromatic rings. The molecule has 0 fully saturated rings. The van der Waals surface area contributed by atoms with Gasteiger partial charge in [-0.15, -0.1) is 22.7 Å². The fourth-order valence-electron chi connectivity index (χ4n) is 2.50. The number of furan rings is 1. The van der Waals surface area contributed by atoms with Crippen LogP contribution in [0.4, 0.5) is 0 Å². The molecular weight excluding hydrogens is 420 g/mol. The van der Waals surface area contributed by atoms with Gasteiger partial charge in [-0.2, -0.15) is 0 Å². The smallest absolute Gasteiger partial charge is 0.309 e. The number of sulfone groups is 1. The monoisotopic (exact) mass is 438 g/mol. The first-order chi connectivity index (χ1) is 13.5. The van der Waals surface area contributed by atoms with Crippen LogP contribution in [0.25, 0.3) is 0 Å². The van der Waals surface area contributed by atoms with E-state index in [0.29, 0.717) is 17.1 Å². The predicted octanol–water partition coefficient (Wildman–Crippen LogP) is 2.39. The Labute approximate surface area is 170 Å². The van der Waals surface area contributed by atoms with E-state index in [-0.39, 0.29) is 17.3 Å². The van der Waals surface area contributed by atoms with Gasteiger partial charge in [-0.3, -0.25) is 9.59 Å². The minimum Gasteiger partial charge on any atom is -0.469 e. The zero-order chi connectivity index (χ0) is 20.0. The van der Waals surface area contributed by atoms with Gasteiger partial charge in [0.1, 0.15) is 15.2 Å². The maximum absolute atomic E-state index is 12.9. The number of hydrogen-bond donors (Lipinski definition) is 2. The van der Waals surface area contributed by atoms with Gasteiger partial charge in [-0.05, 0) is 35.0 Å². The number of hydrogen-bond acceptors (Lipinski definition) is 7. The van der Waals surface area contributed by atoms with Crippen molar-refractivity contribution in [1.82, 2.24) is 10.6 Å². The summed E-state index contributed by atoms with van der Waals surface area (Å²) in [7, 11) is -3.68. The quantitative estimate of drug-likeness (QED) is 0.526. The van der Waals surface area contributed by atoms with Crippen molar-refractivity contribution in [1.29, 1.82) is 0 Å². The van der Waals surface area contributed by atoms with Crippen LogP contribution in [0, 0.1) is 0 Å². The van der Waals surface area contributed by atoms with Crippen molar-refractivity contribution in [3.05, 3.63) is 64.1 Å². The largest absolute Gasteiger partial charge is 0.469 e. The molecule has 1 atom stereocenters. The maximum Gasteiger partial charge on any atom is 0.309 e. The van der Waals surface area contributed by atoms with Crippen molar-refractivity contribution in [2.45, 2.75) is 15.9 Å². The van der Waals surface area contributed by atoms with Crippen LogP contribution >= 0.6 is 22.7 Å². The predicted molar refractivity (Wildman–Crippen MR) is 107 cm³/mol. The van der Waals surface area contributed by atoms with Crippen LogP contribution in [-0.4, -0.2) is 33.3 Å². The summed E-state index contributed by atoms with van der Waals surface area (Å²) in [4.78, 5) is 24.6. The average Bonchev–Trinajstić information content (AvgIpc) is 3.43. The van der Waals surface area contributed by atoms with Crippen molar-refractivity contribution in [2.24, 2.45) is 0 Å². The molecule has 3 heterocycles. The van der Waals surface area contributed by atoms with E-state index in [1.54, 1.807) is 41.1 Å². The van der Waals surface area contributed by atoms with Gasteiger partial charge in [0.05, 0.1) is 6.26 Å². The highest BCUT2D eigenvalue weighted by Gasteiger charge is 2.31. The Morgan fingerprint density at radius 2 is 1.75 bits per heavy atom. The van der Waals surface area contributed by atoms with Crippen molar-refractivity contribution >= 4 is 44.3 Å². The number of amides is 2. The molecule has 0 radical (unpaired) electrons. The molecule has 7 nitrogen and oxygen atoms in total. The maximum atomic E-state index is 12.9. The molecule has 3 aromatic heterocycles. The SMILES string of the molecule is O=C(NCCc1ccco1)C(=O)NC[C@H](c1cccs1)S(=O)(=O)c1cccs1. The summed E-state index contributed by atoms with van der Waals surface area (Å²) >= 11 is 2.41. The summed E-state index contributed by atoms with van der Waals surface area (Å²) in [5, 5.41) is 7.43. The summed E-state index contributed by atoms with van der Waals surface area (Å²) in [6, 6.07) is 10.2. The molecule has 3 rings (SSSR count). The van der Waals surface area contributed by atoms with Crippen LogP contribution in [0.1, 0.15) is 15.9 Å². The summed E-state index contributed by atoms with van der Waals surface area (Å²) in [6.07, 6.45) is 1.99. The Morgan fingerprint density at radius 1 is 1.00 bits per heavy atom. The lowest BCUT2D eigenvalue weighted by atomic mass is 10.3. The highest BCUT2D eigenvalue weighted by atomic mass is 32.2.